The summed E-state index contributed by atoms with van der Waals surface area (Å²) in [7, 11) is 0. The molecule has 0 spiro atoms. The number of hydrogen-bond donors (Lipinski definition) is 3. The fourth-order valence-corrected chi connectivity index (χ4v) is 3.49. The lowest BCUT2D eigenvalue weighted by molar-refractivity contribution is 0.0686. The predicted molar refractivity (Wildman–Crippen MR) is 109 cm³/mol. The van der Waals surface area contributed by atoms with Crippen molar-refractivity contribution in [2.24, 2.45) is 0 Å². The maximum Gasteiger partial charge on any atom is 0.345 e. The van der Waals surface area contributed by atoms with Gasteiger partial charge in [0.25, 0.3) is 0 Å². The van der Waals surface area contributed by atoms with Crippen molar-refractivity contribution in [1.29, 1.82) is 0 Å². The van der Waals surface area contributed by atoms with E-state index in [1.807, 2.05) is 0 Å². The Bertz CT molecular complexity index is 1160. The van der Waals surface area contributed by atoms with Crippen LogP contribution in [0.5, 0.6) is 5.88 Å². The van der Waals surface area contributed by atoms with Crippen LogP contribution in [0, 0.1) is 5.82 Å². The molecule has 0 aliphatic heterocycles. The Labute approximate surface area is 175 Å². The predicted octanol–water partition coefficient (Wildman–Crippen LogP) is 2.45. The first-order valence-electron chi connectivity index (χ1n) is 9.09. The highest BCUT2D eigenvalue weighted by atomic mass is 35.5. The van der Waals surface area contributed by atoms with E-state index in [1.54, 1.807) is 24.3 Å². The van der Waals surface area contributed by atoms with Gasteiger partial charge < -0.3 is 24.6 Å². The molecule has 158 valence electrons. The lowest BCUT2D eigenvalue weighted by atomic mass is 10.0. The van der Waals surface area contributed by atoms with Crippen LogP contribution in [0.4, 0.5) is 4.39 Å². The summed E-state index contributed by atoms with van der Waals surface area (Å²) in [6, 6.07) is 9.37. The molecule has 0 unspecified atom stereocenters. The first kappa shape index (κ1) is 21.8. The molecule has 2 aromatic carbocycles. The van der Waals surface area contributed by atoms with Gasteiger partial charge in [-0.15, -0.1) is 0 Å². The van der Waals surface area contributed by atoms with Crippen molar-refractivity contribution in [3.8, 4) is 5.88 Å². The number of carbonyl (C=O) groups is 1. The first-order valence-corrected chi connectivity index (χ1v) is 9.47. The normalized spacial score (nSPS) is 11.1. The molecule has 0 radical (unpaired) electrons. The van der Waals surface area contributed by atoms with Crippen LogP contribution in [-0.4, -0.2) is 45.7 Å². The van der Waals surface area contributed by atoms with Crippen molar-refractivity contribution in [3.63, 3.8) is 0 Å². The minimum Gasteiger partial charge on any atom is -0.477 e. The number of aliphatic hydroxyl groups is 2. The molecule has 3 aromatic rings. The second kappa shape index (κ2) is 9.25. The van der Waals surface area contributed by atoms with Crippen molar-refractivity contribution in [2.75, 3.05) is 19.8 Å². The first-order chi connectivity index (χ1) is 14.4. The van der Waals surface area contributed by atoms with Gasteiger partial charge in [-0.2, -0.15) is 0 Å². The molecule has 0 aliphatic carbocycles. The van der Waals surface area contributed by atoms with Crippen molar-refractivity contribution < 1.29 is 29.2 Å². The van der Waals surface area contributed by atoms with Gasteiger partial charge in [-0.1, -0.05) is 29.8 Å². The van der Waals surface area contributed by atoms with Gasteiger partial charge in [-0.05, 0) is 29.3 Å². The van der Waals surface area contributed by atoms with Gasteiger partial charge in [-0.3, -0.25) is 4.79 Å². The highest BCUT2D eigenvalue weighted by Gasteiger charge is 2.24. The number of aliphatic hydroxyl groups excluding tert-OH is 2. The maximum absolute atomic E-state index is 14.2. The molecular weight excluding hydrogens is 417 g/mol. The Morgan fingerprint density at radius 2 is 1.93 bits per heavy atom. The van der Waals surface area contributed by atoms with E-state index >= 15 is 0 Å². The number of ether oxygens (including phenoxy) is 1. The summed E-state index contributed by atoms with van der Waals surface area (Å²) < 4.78 is 21.0. The molecule has 0 saturated carbocycles. The summed E-state index contributed by atoms with van der Waals surface area (Å²) in [6.07, 6.45) is 0.146. The SMILES string of the molecule is O=C(O)c1c(OCCO)n(CCO)c2ccc(Cc3cccc(Cl)c3F)cc2c1=O. The molecule has 9 heteroatoms. The number of halogens is 2. The van der Waals surface area contributed by atoms with E-state index in [4.69, 9.17) is 21.4 Å². The van der Waals surface area contributed by atoms with Crippen molar-refractivity contribution in [1.82, 2.24) is 4.57 Å². The second-order valence-corrected chi connectivity index (χ2v) is 6.91. The van der Waals surface area contributed by atoms with Crippen LogP contribution in [-0.2, 0) is 13.0 Å². The van der Waals surface area contributed by atoms with E-state index in [9.17, 15) is 24.2 Å². The largest absolute Gasteiger partial charge is 0.477 e. The minimum atomic E-state index is -1.49. The molecule has 0 bridgehead atoms. The number of carboxylic acid groups (broad SMARTS) is 1. The molecule has 30 heavy (non-hydrogen) atoms. The number of aromatic carboxylic acids is 1. The van der Waals surface area contributed by atoms with Crippen LogP contribution in [0.25, 0.3) is 10.9 Å². The highest BCUT2D eigenvalue weighted by molar-refractivity contribution is 6.30. The molecule has 3 N–H and O–H groups in total. The van der Waals surface area contributed by atoms with E-state index in [0.29, 0.717) is 16.6 Å². The van der Waals surface area contributed by atoms with Crippen LogP contribution in [0.1, 0.15) is 21.5 Å². The summed E-state index contributed by atoms with van der Waals surface area (Å²) in [5.74, 6) is -2.29. The summed E-state index contributed by atoms with van der Waals surface area (Å²) >= 11 is 5.82. The van der Waals surface area contributed by atoms with Crippen LogP contribution in [0.3, 0.4) is 0 Å². The fourth-order valence-electron chi connectivity index (χ4n) is 3.29. The van der Waals surface area contributed by atoms with Gasteiger partial charge in [0.1, 0.15) is 12.4 Å². The number of hydrogen-bond acceptors (Lipinski definition) is 5. The molecule has 1 heterocycles. The van der Waals surface area contributed by atoms with E-state index in [1.165, 1.54) is 16.7 Å². The number of benzene rings is 2. The summed E-state index contributed by atoms with van der Waals surface area (Å²) in [4.78, 5) is 24.7. The van der Waals surface area contributed by atoms with E-state index in [2.05, 4.69) is 0 Å². The van der Waals surface area contributed by atoms with Crippen molar-refractivity contribution >= 4 is 28.5 Å². The summed E-state index contributed by atoms with van der Waals surface area (Å²) in [6.45, 7) is -0.959. The molecule has 0 saturated heterocycles. The molecule has 7 nitrogen and oxygen atoms in total. The molecule has 3 rings (SSSR count). The molecule has 0 atom stereocenters. The number of nitrogens with zero attached hydrogens (tertiary/aromatic N) is 1. The van der Waals surface area contributed by atoms with Crippen LogP contribution in [0.2, 0.25) is 5.02 Å². The molecule has 0 aliphatic rings. The smallest absolute Gasteiger partial charge is 0.345 e. The Hall–Kier alpha value is -2.94. The van der Waals surface area contributed by atoms with Gasteiger partial charge in [0.05, 0.1) is 23.8 Å². The fraction of sp³-hybridized carbons (Fsp3) is 0.238. The number of pyridine rings is 1. The Morgan fingerprint density at radius 1 is 1.17 bits per heavy atom. The Balaban J connectivity index is 2.21. The van der Waals surface area contributed by atoms with Gasteiger partial charge in [0, 0.05) is 18.4 Å². The molecule has 0 amide bonds. The quantitative estimate of drug-likeness (QED) is 0.501. The number of rotatable bonds is 8. The Morgan fingerprint density at radius 3 is 2.60 bits per heavy atom. The van der Waals surface area contributed by atoms with Gasteiger partial charge in [-0.25, -0.2) is 9.18 Å². The lowest BCUT2D eigenvalue weighted by Crippen LogP contribution is -2.24. The maximum atomic E-state index is 14.2. The third kappa shape index (κ3) is 4.16. The van der Waals surface area contributed by atoms with Gasteiger partial charge in [0.2, 0.25) is 11.3 Å². The molecule has 1 aromatic heterocycles. The second-order valence-electron chi connectivity index (χ2n) is 6.50. The third-order valence-corrected chi connectivity index (χ3v) is 4.87. The molecule has 0 fully saturated rings. The summed E-state index contributed by atoms with van der Waals surface area (Å²) in [5, 5.41) is 28.1. The number of aromatic nitrogens is 1. The zero-order valence-electron chi connectivity index (χ0n) is 15.8. The minimum absolute atomic E-state index is 0.0163. The Kier molecular flexibility index (Phi) is 6.71. The zero-order chi connectivity index (χ0) is 21.8. The monoisotopic (exact) mass is 435 g/mol. The van der Waals surface area contributed by atoms with Gasteiger partial charge >= 0.3 is 5.97 Å². The third-order valence-electron chi connectivity index (χ3n) is 4.58. The van der Waals surface area contributed by atoms with Crippen LogP contribution >= 0.6 is 11.6 Å². The zero-order valence-corrected chi connectivity index (χ0v) is 16.5. The van der Waals surface area contributed by atoms with Crippen molar-refractivity contribution in [3.05, 3.63) is 74.2 Å². The van der Waals surface area contributed by atoms with Crippen molar-refractivity contribution in [2.45, 2.75) is 13.0 Å². The van der Waals surface area contributed by atoms with Crippen LogP contribution in [0.15, 0.2) is 41.2 Å². The topological polar surface area (TPSA) is 109 Å². The molecular formula is C21H19ClFNO6. The highest BCUT2D eigenvalue weighted by Crippen LogP contribution is 2.26. The summed E-state index contributed by atoms with van der Waals surface area (Å²) in [5.41, 5.74) is -0.110. The lowest BCUT2D eigenvalue weighted by Gasteiger charge is -2.19. The number of carboxylic acids is 1. The van der Waals surface area contributed by atoms with E-state index in [0.717, 1.165) is 0 Å². The van der Waals surface area contributed by atoms with E-state index in [-0.39, 0.29) is 49.1 Å². The average Bonchev–Trinajstić information content (AvgIpc) is 2.72. The van der Waals surface area contributed by atoms with Crippen LogP contribution < -0.4 is 10.2 Å². The standard InChI is InChI=1S/C21H19ClFNO6/c22-15-3-1-2-13(18(15)23)10-12-4-5-16-14(11-12)19(27)17(21(28)29)20(30-9-8-26)24(16)6-7-25/h1-5,11,25-26H,6-10H2,(H,28,29). The van der Waals surface area contributed by atoms with Gasteiger partial charge in [0.15, 0.2) is 5.56 Å². The average molecular weight is 436 g/mol. The number of fused-ring (bicyclic) bond motifs is 1. The van der Waals surface area contributed by atoms with E-state index < -0.39 is 22.8 Å².